The Labute approximate surface area is 151 Å². The van der Waals surface area contributed by atoms with Gasteiger partial charge in [0.2, 0.25) is 0 Å². The summed E-state index contributed by atoms with van der Waals surface area (Å²) in [5.74, 6) is 0.883. The second kappa shape index (κ2) is 7.63. The van der Waals surface area contributed by atoms with E-state index in [1.54, 1.807) is 30.6 Å². The average molecular weight is 407 g/mol. The molecule has 0 saturated carbocycles. The fourth-order valence-electron chi connectivity index (χ4n) is 2.13. The molecule has 1 amide bonds. The number of halogens is 1. The van der Waals surface area contributed by atoms with Crippen LogP contribution in [0.4, 0.5) is 0 Å². The van der Waals surface area contributed by atoms with Crippen LogP contribution in [0.25, 0.3) is 11.3 Å². The van der Waals surface area contributed by atoms with Gasteiger partial charge in [-0.1, -0.05) is 0 Å². The third-order valence-corrected chi connectivity index (χ3v) is 4.69. The molecule has 1 N–H and O–H groups in total. The number of benzene rings is 1. The summed E-state index contributed by atoms with van der Waals surface area (Å²) in [6.07, 6.45) is 0.675. The molecule has 24 heavy (non-hydrogen) atoms. The van der Waals surface area contributed by atoms with E-state index >= 15 is 0 Å². The van der Waals surface area contributed by atoms with E-state index < -0.39 is 0 Å². The van der Waals surface area contributed by atoms with Crippen molar-refractivity contribution in [3.63, 3.8) is 0 Å². The van der Waals surface area contributed by atoms with Crippen molar-refractivity contribution in [2.45, 2.75) is 6.42 Å². The van der Waals surface area contributed by atoms with E-state index in [0.29, 0.717) is 23.4 Å². The molecule has 0 spiro atoms. The Kier molecular flexibility index (Phi) is 5.32. The number of nitrogens with one attached hydrogen (secondary N) is 1. The monoisotopic (exact) mass is 406 g/mol. The van der Waals surface area contributed by atoms with Crippen LogP contribution in [-0.4, -0.2) is 24.5 Å². The zero-order valence-corrected chi connectivity index (χ0v) is 15.3. The average Bonchev–Trinajstić information content (AvgIpc) is 3.24. The summed E-state index contributed by atoms with van der Waals surface area (Å²) in [4.78, 5) is 16.5. The molecule has 1 aromatic carbocycles. The number of amides is 1. The highest BCUT2D eigenvalue weighted by molar-refractivity contribution is 9.10. The molecule has 0 saturated heterocycles. The van der Waals surface area contributed by atoms with Crippen LogP contribution < -0.4 is 10.1 Å². The highest BCUT2D eigenvalue weighted by Gasteiger charge is 2.10. The quantitative estimate of drug-likeness (QED) is 0.667. The molecule has 5 nitrogen and oxygen atoms in total. The summed E-state index contributed by atoms with van der Waals surface area (Å²) in [7, 11) is 1.64. The van der Waals surface area contributed by atoms with Crippen molar-refractivity contribution in [1.82, 2.24) is 10.3 Å². The molecule has 2 heterocycles. The second-order valence-electron chi connectivity index (χ2n) is 4.96. The molecule has 0 bridgehead atoms. The lowest BCUT2D eigenvalue weighted by molar-refractivity contribution is 0.0925. The van der Waals surface area contributed by atoms with Gasteiger partial charge in [0, 0.05) is 23.9 Å². The third kappa shape index (κ3) is 4.04. The van der Waals surface area contributed by atoms with Crippen LogP contribution in [0.15, 0.2) is 50.9 Å². The van der Waals surface area contributed by atoms with Crippen molar-refractivity contribution in [3.8, 4) is 17.0 Å². The van der Waals surface area contributed by atoms with Crippen molar-refractivity contribution in [2.75, 3.05) is 13.7 Å². The van der Waals surface area contributed by atoms with Gasteiger partial charge in [0.05, 0.1) is 17.8 Å². The van der Waals surface area contributed by atoms with Crippen LogP contribution in [0.5, 0.6) is 5.75 Å². The molecule has 0 aliphatic rings. The van der Waals surface area contributed by atoms with E-state index in [2.05, 4.69) is 26.2 Å². The Bertz CT molecular complexity index is 826. The Morgan fingerprint density at radius 3 is 2.75 bits per heavy atom. The summed E-state index contributed by atoms with van der Waals surface area (Å²) in [5, 5.41) is 5.81. The molecule has 3 aromatic rings. The molecule has 3 rings (SSSR count). The molecular formula is C17H15BrN2O3S. The zero-order chi connectivity index (χ0) is 16.9. The first-order valence-corrected chi connectivity index (χ1v) is 8.95. The fraction of sp³-hybridized carbons (Fsp3) is 0.176. The van der Waals surface area contributed by atoms with Gasteiger partial charge in [-0.05, 0) is 52.3 Å². The van der Waals surface area contributed by atoms with Crippen molar-refractivity contribution < 1.29 is 13.9 Å². The molecule has 0 unspecified atom stereocenters. The normalized spacial score (nSPS) is 10.6. The number of thiazole rings is 1. The number of carbonyl (C=O) groups is 1. The summed E-state index contributed by atoms with van der Waals surface area (Å²) in [6, 6.07) is 11.1. The van der Waals surface area contributed by atoms with Crippen LogP contribution >= 0.6 is 27.3 Å². The SMILES string of the molecule is COc1ccc(-c2csc(CCNC(=O)c3ccc(Br)o3)n2)cc1. The van der Waals surface area contributed by atoms with Crippen molar-refractivity contribution in [1.29, 1.82) is 0 Å². The van der Waals surface area contributed by atoms with Crippen LogP contribution in [0.1, 0.15) is 15.6 Å². The van der Waals surface area contributed by atoms with Crippen LogP contribution in [-0.2, 0) is 6.42 Å². The van der Waals surface area contributed by atoms with E-state index in [-0.39, 0.29) is 5.91 Å². The maximum atomic E-state index is 11.9. The van der Waals surface area contributed by atoms with Crippen LogP contribution in [0.3, 0.4) is 0 Å². The van der Waals surface area contributed by atoms with E-state index in [9.17, 15) is 4.79 Å². The smallest absolute Gasteiger partial charge is 0.287 e. The highest BCUT2D eigenvalue weighted by atomic mass is 79.9. The van der Waals surface area contributed by atoms with E-state index in [1.807, 2.05) is 29.6 Å². The number of hydrogen-bond donors (Lipinski definition) is 1. The number of hydrogen-bond acceptors (Lipinski definition) is 5. The van der Waals surface area contributed by atoms with Crippen molar-refractivity contribution in [2.24, 2.45) is 0 Å². The first-order valence-electron chi connectivity index (χ1n) is 7.28. The summed E-state index contributed by atoms with van der Waals surface area (Å²) in [6.45, 7) is 0.507. The predicted molar refractivity (Wildman–Crippen MR) is 96.5 cm³/mol. The minimum absolute atomic E-state index is 0.229. The fourth-order valence-corrected chi connectivity index (χ4v) is 3.24. The third-order valence-electron chi connectivity index (χ3n) is 3.36. The van der Waals surface area contributed by atoms with Gasteiger partial charge < -0.3 is 14.5 Å². The summed E-state index contributed by atoms with van der Waals surface area (Å²) in [5.41, 5.74) is 1.97. The number of furan rings is 1. The molecular weight excluding hydrogens is 392 g/mol. The number of rotatable bonds is 6. The lowest BCUT2D eigenvalue weighted by Gasteiger charge is -2.01. The van der Waals surface area contributed by atoms with Gasteiger partial charge in [0.15, 0.2) is 10.4 Å². The van der Waals surface area contributed by atoms with Gasteiger partial charge in [-0.15, -0.1) is 11.3 Å². The highest BCUT2D eigenvalue weighted by Crippen LogP contribution is 2.24. The van der Waals surface area contributed by atoms with Gasteiger partial charge in [-0.3, -0.25) is 4.79 Å². The minimum Gasteiger partial charge on any atom is -0.497 e. The van der Waals surface area contributed by atoms with Gasteiger partial charge in [0.1, 0.15) is 5.75 Å². The second-order valence-corrected chi connectivity index (χ2v) is 6.69. The molecule has 2 aromatic heterocycles. The largest absolute Gasteiger partial charge is 0.497 e. The van der Waals surface area contributed by atoms with Crippen LogP contribution in [0, 0.1) is 0 Å². The lowest BCUT2D eigenvalue weighted by Crippen LogP contribution is -2.25. The number of methoxy groups -OCH3 is 1. The van der Waals surface area contributed by atoms with Crippen LogP contribution in [0.2, 0.25) is 0 Å². The minimum atomic E-state index is -0.229. The maximum Gasteiger partial charge on any atom is 0.287 e. The van der Waals surface area contributed by atoms with Gasteiger partial charge in [-0.2, -0.15) is 0 Å². The van der Waals surface area contributed by atoms with Crippen molar-refractivity contribution >= 4 is 33.2 Å². The van der Waals surface area contributed by atoms with Gasteiger partial charge >= 0.3 is 0 Å². The molecule has 0 fully saturated rings. The van der Waals surface area contributed by atoms with Gasteiger partial charge in [0.25, 0.3) is 5.91 Å². The Morgan fingerprint density at radius 2 is 2.08 bits per heavy atom. The van der Waals surface area contributed by atoms with E-state index in [0.717, 1.165) is 22.0 Å². The lowest BCUT2D eigenvalue weighted by atomic mass is 10.2. The molecule has 0 aliphatic heterocycles. The number of carbonyl (C=O) groups excluding carboxylic acids is 1. The summed E-state index contributed by atoms with van der Waals surface area (Å²) < 4.78 is 10.9. The summed E-state index contributed by atoms with van der Waals surface area (Å²) >= 11 is 4.76. The first-order chi connectivity index (χ1) is 11.7. The number of nitrogens with zero attached hydrogens (tertiary/aromatic N) is 1. The van der Waals surface area contributed by atoms with E-state index in [4.69, 9.17) is 9.15 Å². The molecule has 0 aliphatic carbocycles. The standard InChI is InChI=1S/C17H15BrN2O3S/c1-22-12-4-2-11(3-5-12)13-10-24-16(20-13)8-9-19-17(21)14-6-7-15(18)23-14/h2-7,10H,8-9H2,1H3,(H,19,21). The predicted octanol–water partition coefficient (Wildman–Crippen LogP) is 4.15. The number of ether oxygens (including phenoxy) is 1. The maximum absolute atomic E-state index is 11.9. The number of aromatic nitrogens is 1. The Balaban J connectivity index is 1.55. The van der Waals surface area contributed by atoms with Crippen molar-refractivity contribution in [3.05, 3.63) is 57.2 Å². The molecule has 0 atom stereocenters. The topological polar surface area (TPSA) is 64.4 Å². The Morgan fingerprint density at radius 1 is 1.29 bits per heavy atom. The zero-order valence-electron chi connectivity index (χ0n) is 12.9. The molecule has 0 radical (unpaired) electrons. The Hall–Kier alpha value is -2.12. The van der Waals surface area contributed by atoms with Gasteiger partial charge in [-0.25, -0.2) is 4.98 Å². The molecule has 7 heteroatoms. The first kappa shape index (κ1) is 16.7. The molecule has 124 valence electrons. The van der Waals surface area contributed by atoms with E-state index in [1.165, 1.54) is 0 Å².